The Morgan fingerprint density at radius 2 is 2.28 bits per heavy atom. The van der Waals surface area contributed by atoms with E-state index >= 15 is 0 Å². The van der Waals surface area contributed by atoms with Crippen molar-refractivity contribution in [3.8, 4) is 0 Å². The van der Waals surface area contributed by atoms with E-state index in [0.717, 1.165) is 48.3 Å². The van der Waals surface area contributed by atoms with Crippen LogP contribution in [0, 0.1) is 0 Å². The third kappa shape index (κ3) is 2.11. The van der Waals surface area contributed by atoms with Crippen molar-refractivity contribution < 1.29 is 4.74 Å². The van der Waals surface area contributed by atoms with E-state index in [0.29, 0.717) is 6.04 Å². The number of nitrogens with one attached hydrogen (secondary N) is 1. The van der Waals surface area contributed by atoms with E-state index in [4.69, 9.17) is 10.5 Å². The average molecular weight is 243 g/mol. The first-order chi connectivity index (χ1) is 8.84. The number of pyridine rings is 1. The average Bonchev–Trinajstić information content (AvgIpc) is 2.44. The first kappa shape index (κ1) is 11.3. The van der Waals surface area contributed by atoms with E-state index in [1.165, 1.54) is 0 Å². The van der Waals surface area contributed by atoms with Crippen LogP contribution in [0.4, 0.5) is 11.4 Å². The second-order valence-corrected chi connectivity index (χ2v) is 4.66. The molecule has 0 radical (unpaired) electrons. The molecule has 1 atom stereocenters. The number of nitrogens with two attached hydrogens (primary N) is 1. The first-order valence-electron chi connectivity index (χ1n) is 6.32. The second kappa shape index (κ2) is 4.82. The number of rotatable bonds is 2. The summed E-state index contributed by atoms with van der Waals surface area (Å²) in [6.45, 7) is 1.65. The Labute approximate surface area is 106 Å². The molecule has 0 bridgehead atoms. The van der Waals surface area contributed by atoms with Crippen molar-refractivity contribution in [1.29, 1.82) is 0 Å². The highest BCUT2D eigenvalue weighted by atomic mass is 16.5. The zero-order valence-corrected chi connectivity index (χ0v) is 10.2. The number of hydrogen-bond acceptors (Lipinski definition) is 4. The highest BCUT2D eigenvalue weighted by Crippen LogP contribution is 2.27. The molecule has 2 aromatic rings. The summed E-state index contributed by atoms with van der Waals surface area (Å²) in [6, 6.07) is 8.29. The van der Waals surface area contributed by atoms with Crippen LogP contribution >= 0.6 is 0 Å². The zero-order chi connectivity index (χ0) is 12.4. The predicted molar refractivity (Wildman–Crippen MR) is 73.6 cm³/mol. The van der Waals surface area contributed by atoms with Crippen LogP contribution in [0.15, 0.2) is 30.5 Å². The van der Waals surface area contributed by atoms with Crippen LogP contribution in [-0.2, 0) is 4.74 Å². The summed E-state index contributed by atoms with van der Waals surface area (Å²) in [6.07, 6.45) is 4.03. The summed E-state index contributed by atoms with van der Waals surface area (Å²) in [5, 5.41) is 4.60. The summed E-state index contributed by atoms with van der Waals surface area (Å²) >= 11 is 0. The minimum Gasteiger partial charge on any atom is -0.397 e. The van der Waals surface area contributed by atoms with Crippen molar-refractivity contribution >= 4 is 22.3 Å². The van der Waals surface area contributed by atoms with Crippen LogP contribution in [0.1, 0.15) is 12.8 Å². The standard InChI is InChI=1S/C14H17N3O/c15-12-5-6-13(11-4-1-7-16-14(11)12)17-10-3-2-8-18-9-10/h1,4-7,10,17H,2-3,8-9,15H2. The van der Waals surface area contributed by atoms with Gasteiger partial charge < -0.3 is 15.8 Å². The SMILES string of the molecule is Nc1ccc(NC2CCCOC2)c2cccnc12. The van der Waals surface area contributed by atoms with E-state index in [2.05, 4.69) is 10.3 Å². The zero-order valence-electron chi connectivity index (χ0n) is 10.2. The van der Waals surface area contributed by atoms with E-state index in [-0.39, 0.29) is 0 Å². The van der Waals surface area contributed by atoms with Crippen LogP contribution in [0.3, 0.4) is 0 Å². The quantitative estimate of drug-likeness (QED) is 0.795. The lowest BCUT2D eigenvalue weighted by molar-refractivity contribution is 0.0876. The van der Waals surface area contributed by atoms with Gasteiger partial charge in [0.25, 0.3) is 0 Å². The van der Waals surface area contributed by atoms with E-state index in [1.807, 2.05) is 24.3 Å². The molecule has 1 fully saturated rings. The fourth-order valence-electron chi connectivity index (χ4n) is 2.39. The van der Waals surface area contributed by atoms with Gasteiger partial charge in [-0.2, -0.15) is 0 Å². The maximum atomic E-state index is 5.94. The van der Waals surface area contributed by atoms with Gasteiger partial charge in [0.2, 0.25) is 0 Å². The van der Waals surface area contributed by atoms with Crippen LogP contribution < -0.4 is 11.1 Å². The number of nitrogens with zero attached hydrogens (tertiary/aromatic N) is 1. The molecule has 1 aliphatic heterocycles. The molecular weight excluding hydrogens is 226 g/mol. The van der Waals surface area contributed by atoms with Gasteiger partial charge in [0.1, 0.15) is 0 Å². The summed E-state index contributed by atoms with van der Waals surface area (Å²) < 4.78 is 5.49. The summed E-state index contributed by atoms with van der Waals surface area (Å²) in [4.78, 5) is 4.34. The third-order valence-corrected chi connectivity index (χ3v) is 3.32. The Bertz CT molecular complexity index is 550. The van der Waals surface area contributed by atoms with Crippen molar-refractivity contribution in [2.75, 3.05) is 24.3 Å². The number of fused-ring (bicyclic) bond motifs is 1. The molecule has 0 amide bonds. The number of aromatic nitrogens is 1. The van der Waals surface area contributed by atoms with Crippen molar-refractivity contribution in [2.45, 2.75) is 18.9 Å². The molecule has 3 rings (SSSR count). The van der Waals surface area contributed by atoms with Crippen LogP contribution in [-0.4, -0.2) is 24.2 Å². The van der Waals surface area contributed by atoms with Crippen LogP contribution in [0.5, 0.6) is 0 Å². The Morgan fingerprint density at radius 1 is 1.33 bits per heavy atom. The lowest BCUT2D eigenvalue weighted by atomic mass is 10.1. The molecule has 1 aliphatic rings. The van der Waals surface area contributed by atoms with E-state index < -0.39 is 0 Å². The van der Waals surface area contributed by atoms with Crippen molar-refractivity contribution in [1.82, 2.24) is 4.98 Å². The van der Waals surface area contributed by atoms with E-state index in [9.17, 15) is 0 Å². The fourth-order valence-corrected chi connectivity index (χ4v) is 2.39. The number of benzene rings is 1. The fraction of sp³-hybridized carbons (Fsp3) is 0.357. The van der Waals surface area contributed by atoms with E-state index in [1.54, 1.807) is 6.20 Å². The Morgan fingerprint density at radius 3 is 3.11 bits per heavy atom. The minimum atomic E-state index is 0.380. The Hall–Kier alpha value is -1.81. The molecule has 1 unspecified atom stereocenters. The Balaban J connectivity index is 1.94. The van der Waals surface area contributed by atoms with Gasteiger partial charge in [-0.1, -0.05) is 0 Å². The third-order valence-electron chi connectivity index (χ3n) is 3.32. The molecule has 3 N–H and O–H groups in total. The monoisotopic (exact) mass is 243 g/mol. The highest BCUT2D eigenvalue weighted by molar-refractivity contribution is 5.98. The summed E-state index contributed by atoms with van der Waals surface area (Å²) in [7, 11) is 0. The molecule has 2 heterocycles. The summed E-state index contributed by atoms with van der Waals surface area (Å²) in [5.41, 5.74) is 8.61. The molecule has 4 heteroatoms. The summed E-state index contributed by atoms with van der Waals surface area (Å²) in [5.74, 6) is 0. The second-order valence-electron chi connectivity index (χ2n) is 4.66. The van der Waals surface area contributed by atoms with Gasteiger partial charge >= 0.3 is 0 Å². The molecule has 4 nitrogen and oxygen atoms in total. The van der Waals surface area contributed by atoms with Crippen molar-refractivity contribution in [3.63, 3.8) is 0 Å². The van der Waals surface area contributed by atoms with Crippen molar-refractivity contribution in [3.05, 3.63) is 30.5 Å². The normalized spacial score (nSPS) is 19.9. The highest BCUT2D eigenvalue weighted by Gasteiger charge is 2.15. The number of nitrogen functional groups attached to an aromatic ring is 1. The lowest BCUT2D eigenvalue weighted by Crippen LogP contribution is -2.30. The first-order valence-corrected chi connectivity index (χ1v) is 6.32. The van der Waals surface area contributed by atoms with Gasteiger partial charge in [0.05, 0.1) is 17.8 Å². The molecule has 94 valence electrons. The minimum absolute atomic E-state index is 0.380. The molecular formula is C14H17N3O. The van der Waals surface area contributed by atoms with Gasteiger partial charge in [0, 0.05) is 29.9 Å². The molecule has 1 aromatic carbocycles. The molecule has 0 aliphatic carbocycles. The topological polar surface area (TPSA) is 60.2 Å². The number of anilines is 2. The van der Waals surface area contributed by atoms with Crippen molar-refractivity contribution in [2.24, 2.45) is 0 Å². The molecule has 18 heavy (non-hydrogen) atoms. The lowest BCUT2D eigenvalue weighted by Gasteiger charge is -2.24. The number of hydrogen-bond donors (Lipinski definition) is 2. The van der Waals surface area contributed by atoms with Gasteiger partial charge in [-0.3, -0.25) is 4.98 Å². The Kier molecular flexibility index (Phi) is 3.02. The molecule has 0 spiro atoms. The van der Waals surface area contributed by atoms with Crippen LogP contribution in [0.25, 0.3) is 10.9 Å². The van der Waals surface area contributed by atoms with Crippen LogP contribution in [0.2, 0.25) is 0 Å². The van der Waals surface area contributed by atoms with Gasteiger partial charge in [-0.25, -0.2) is 0 Å². The van der Waals surface area contributed by atoms with Gasteiger partial charge in [-0.15, -0.1) is 0 Å². The smallest absolute Gasteiger partial charge is 0.0951 e. The van der Waals surface area contributed by atoms with Gasteiger partial charge in [0.15, 0.2) is 0 Å². The maximum Gasteiger partial charge on any atom is 0.0951 e. The largest absolute Gasteiger partial charge is 0.397 e. The molecule has 1 aromatic heterocycles. The predicted octanol–water partition coefficient (Wildman–Crippen LogP) is 2.41. The maximum absolute atomic E-state index is 5.94. The molecule has 1 saturated heterocycles. The van der Waals surface area contributed by atoms with Gasteiger partial charge in [-0.05, 0) is 37.1 Å². The molecule has 0 saturated carbocycles. The number of ether oxygens (including phenoxy) is 1.